The molecule has 1 heterocycles. The van der Waals surface area contributed by atoms with Gasteiger partial charge in [0.05, 0.1) is 22.2 Å². The summed E-state index contributed by atoms with van der Waals surface area (Å²) in [5.41, 5.74) is 2.91. The minimum absolute atomic E-state index is 0.0235. The van der Waals surface area contributed by atoms with Crippen molar-refractivity contribution in [3.8, 4) is 28.3 Å². The van der Waals surface area contributed by atoms with E-state index in [1.54, 1.807) is 36.7 Å². The van der Waals surface area contributed by atoms with Crippen molar-refractivity contribution in [2.24, 2.45) is 0 Å². The number of unbranched alkanes of at least 4 members (excludes halogenated alkanes) is 4. The minimum Gasteiger partial charge on any atom is -0.494 e. The summed E-state index contributed by atoms with van der Waals surface area (Å²) in [4.78, 5) is 33.5. The standard InChI is InChI=1S/C33H32Cl2FN3O4/c1-2-3-4-5-6-17-43-25-13-11-22(12-14-25)24-19-37-31(38-20-24)23-9-7-21(8-10-23)18-28(33(41)42)39-32(40)29-26(34)15-16-27(36)30(29)35/h7-16,19-20,28H,2-6,17-18H2,1H3,(H,39,40)(H,41,42). The molecule has 3 aromatic carbocycles. The van der Waals surface area contributed by atoms with Crippen LogP contribution < -0.4 is 10.1 Å². The topological polar surface area (TPSA) is 101 Å². The third-order valence-electron chi connectivity index (χ3n) is 6.88. The van der Waals surface area contributed by atoms with Crippen LogP contribution in [0.4, 0.5) is 4.39 Å². The van der Waals surface area contributed by atoms with Crippen LogP contribution in [0, 0.1) is 5.82 Å². The van der Waals surface area contributed by atoms with Crippen molar-refractivity contribution < 1.29 is 23.8 Å². The molecule has 0 aliphatic carbocycles. The van der Waals surface area contributed by atoms with Gasteiger partial charge < -0.3 is 15.2 Å². The zero-order valence-corrected chi connectivity index (χ0v) is 25.2. The van der Waals surface area contributed by atoms with E-state index < -0.39 is 28.8 Å². The quantitative estimate of drug-likeness (QED) is 0.109. The molecule has 4 rings (SSSR count). The van der Waals surface area contributed by atoms with Crippen LogP contribution in [0.1, 0.15) is 54.9 Å². The Labute approximate surface area is 260 Å². The summed E-state index contributed by atoms with van der Waals surface area (Å²) in [6.07, 6.45) is 9.45. The lowest BCUT2D eigenvalue weighted by atomic mass is 10.0. The van der Waals surface area contributed by atoms with E-state index in [-0.39, 0.29) is 17.0 Å². The number of aromatic nitrogens is 2. The number of carbonyl (C=O) groups excluding carboxylic acids is 1. The smallest absolute Gasteiger partial charge is 0.326 e. The number of aliphatic carboxylic acids is 1. The fourth-order valence-corrected chi connectivity index (χ4v) is 5.00. The number of amides is 1. The number of ether oxygens (including phenoxy) is 1. The molecule has 1 unspecified atom stereocenters. The number of carboxylic acids is 1. The van der Waals surface area contributed by atoms with Crippen LogP contribution in [-0.2, 0) is 11.2 Å². The molecule has 43 heavy (non-hydrogen) atoms. The molecule has 1 aromatic heterocycles. The highest BCUT2D eigenvalue weighted by Crippen LogP contribution is 2.28. The molecule has 1 atom stereocenters. The van der Waals surface area contributed by atoms with Gasteiger partial charge in [-0.15, -0.1) is 0 Å². The molecule has 10 heteroatoms. The Hall–Kier alpha value is -4.01. The maximum atomic E-state index is 13.8. The van der Waals surface area contributed by atoms with Crippen molar-refractivity contribution in [1.82, 2.24) is 15.3 Å². The second-order valence-corrected chi connectivity index (χ2v) is 10.9. The predicted octanol–water partition coefficient (Wildman–Crippen LogP) is 8.03. The van der Waals surface area contributed by atoms with Gasteiger partial charge >= 0.3 is 5.97 Å². The number of nitrogens with one attached hydrogen (secondary N) is 1. The second kappa shape index (κ2) is 15.5. The van der Waals surface area contributed by atoms with E-state index in [0.717, 1.165) is 34.9 Å². The Morgan fingerprint density at radius 3 is 2.19 bits per heavy atom. The van der Waals surface area contributed by atoms with E-state index in [1.165, 1.54) is 31.7 Å². The van der Waals surface area contributed by atoms with Crippen LogP contribution in [0.5, 0.6) is 5.75 Å². The second-order valence-electron chi connectivity index (χ2n) is 10.1. The number of nitrogens with zero attached hydrogens (tertiary/aromatic N) is 2. The van der Waals surface area contributed by atoms with E-state index in [4.69, 9.17) is 27.9 Å². The fraction of sp³-hybridized carbons (Fsp3) is 0.273. The van der Waals surface area contributed by atoms with Gasteiger partial charge in [-0.3, -0.25) is 4.79 Å². The number of hydrogen-bond donors (Lipinski definition) is 2. The molecular weight excluding hydrogens is 592 g/mol. The first-order chi connectivity index (χ1) is 20.8. The largest absolute Gasteiger partial charge is 0.494 e. The van der Waals surface area contributed by atoms with E-state index >= 15 is 0 Å². The molecule has 0 spiro atoms. The maximum Gasteiger partial charge on any atom is 0.326 e. The van der Waals surface area contributed by atoms with Gasteiger partial charge in [0, 0.05) is 29.9 Å². The Morgan fingerprint density at radius 2 is 1.53 bits per heavy atom. The van der Waals surface area contributed by atoms with Crippen molar-refractivity contribution in [2.45, 2.75) is 51.5 Å². The van der Waals surface area contributed by atoms with Crippen LogP contribution in [0.25, 0.3) is 22.5 Å². The van der Waals surface area contributed by atoms with Gasteiger partial charge in [-0.1, -0.05) is 92.2 Å². The highest BCUT2D eigenvalue weighted by Gasteiger charge is 2.25. The number of benzene rings is 3. The highest BCUT2D eigenvalue weighted by atomic mass is 35.5. The molecule has 2 N–H and O–H groups in total. The van der Waals surface area contributed by atoms with E-state index in [0.29, 0.717) is 18.0 Å². The molecule has 0 saturated heterocycles. The molecule has 224 valence electrons. The summed E-state index contributed by atoms with van der Waals surface area (Å²) < 4.78 is 19.7. The number of carboxylic acid groups (broad SMARTS) is 1. The Bertz CT molecular complexity index is 1530. The van der Waals surface area contributed by atoms with E-state index in [1.807, 2.05) is 24.3 Å². The molecule has 0 radical (unpaired) electrons. The summed E-state index contributed by atoms with van der Waals surface area (Å²) in [6.45, 7) is 2.92. The minimum atomic E-state index is -1.30. The zero-order valence-electron chi connectivity index (χ0n) is 23.7. The monoisotopic (exact) mass is 623 g/mol. The van der Waals surface area contributed by atoms with Gasteiger partial charge in [0.25, 0.3) is 5.91 Å². The summed E-state index contributed by atoms with van der Waals surface area (Å²) in [7, 11) is 0. The van der Waals surface area contributed by atoms with Gasteiger partial charge in [0.2, 0.25) is 0 Å². The number of rotatable bonds is 14. The average molecular weight is 625 g/mol. The van der Waals surface area contributed by atoms with Crippen LogP contribution in [0.15, 0.2) is 73.1 Å². The molecule has 1 amide bonds. The molecule has 7 nitrogen and oxygen atoms in total. The van der Waals surface area contributed by atoms with Gasteiger partial charge in [0.15, 0.2) is 5.82 Å². The fourth-order valence-electron chi connectivity index (χ4n) is 4.46. The normalized spacial score (nSPS) is 11.6. The van der Waals surface area contributed by atoms with E-state index in [9.17, 15) is 19.1 Å². The Kier molecular flexibility index (Phi) is 11.5. The number of halogens is 3. The SMILES string of the molecule is CCCCCCCOc1ccc(-c2cnc(-c3ccc(CC(NC(=O)c4c(Cl)ccc(F)c4Cl)C(=O)O)cc3)nc2)cc1. The molecule has 0 bridgehead atoms. The summed E-state index contributed by atoms with van der Waals surface area (Å²) in [5, 5.41) is 11.5. The first-order valence-electron chi connectivity index (χ1n) is 14.1. The molecule has 0 aliphatic heterocycles. The summed E-state index contributed by atoms with van der Waals surface area (Å²) in [6, 6.07) is 15.8. The summed E-state index contributed by atoms with van der Waals surface area (Å²) in [5.74, 6) is -1.63. The zero-order chi connectivity index (χ0) is 30.8. The highest BCUT2D eigenvalue weighted by molar-refractivity contribution is 6.39. The molecular formula is C33H32Cl2FN3O4. The maximum absolute atomic E-state index is 13.8. The van der Waals surface area contributed by atoms with Crippen molar-refractivity contribution >= 4 is 35.1 Å². The van der Waals surface area contributed by atoms with E-state index in [2.05, 4.69) is 22.2 Å². The Morgan fingerprint density at radius 1 is 0.884 bits per heavy atom. The third kappa shape index (κ3) is 8.75. The average Bonchev–Trinajstić information content (AvgIpc) is 3.01. The van der Waals surface area contributed by atoms with Gasteiger partial charge in [-0.2, -0.15) is 0 Å². The van der Waals surface area contributed by atoms with Crippen molar-refractivity contribution in [3.63, 3.8) is 0 Å². The van der Waals surface area contributed by atoms with Crippen LogP contribution in [-0.4, -0.2) is 39.6 Å². The van der Waals surface area contributed by atoms with Crippen LogP contribution in [0.3, 0.4) is 0 Å². The molecule has 0 aliphatic rings. The third-order valence-corrected chi connectivity index (χ3v) is 7.57. The molecule has 4 aromatic rings. The number of carbonyl (C=O) groups is 2. The van der Waals surface area contributed by atoms with Crippen molar-refractivity contribution in [1.29, 1.82) is 0 Å². The predicted molar refractivity (Wildman–Crippen MR) is 166 cm³/mol. The van der Waals surface area contributed by atoms with Crippen LogP contribution in [0.2, 0.25) is 10.0 Å². The lowest BCUT2D eigenvalue weighted by Crippen LogP contribution is -2.42. The number of hydrogen-bond acceptors (Lipinski definition) is 5. The lowest BCUT2D eigenvalue weighted by Gasteiger charge is -2.16. The van der Waals surface area contributed by atoms with Crippen LogP contribution >= 0.6 is 23.2 Å². The first-order valence-corrected chi connectivity index (χ1v) is 14.8. The van der Waals surface area contributed by atoms with Crippen molar-refractivity contribution in [3.05, 3.63) is 100 Å². The lowest BCUT2D eigenvalue weighted by molar-refractivity contribution is -0.139. The van der Waals surface area contributed by atoms with Gasteiger partial charge in [-0.05, 0) is 41.8 Å². The Balaban J connectivity index is 1.35. The van der Waals surface area contributed by atoms with Gasteiger partial charge in [-0.25, -0.2) is 19.2 Å². The first kappa shape index (κ1) is 31.9. The molecule has 0 fully saturated rings. The molecule has 0 saturated carbocycles. The van der Waals surface area contributed by atoms with Gasteiger partial charge in [0.1, 0.15) is 17.6 Å². The summed E-state index contributed by atoms with van der Waals surface area (Å²) >= 11 is 11.9. The van der Waals surface area contributed by atoms with Crippen molar-refractivity contribution in [2.75, 3.05) is 6.61 Å².